The first-order chi connectivity index (χ1) is 8.78. The molecule has 1 fully saturated rings. The van der Waals surface area contributed by atoms with E-state index >= 15 is 0 Å². The van der Waals surface area contributed by atoms with E-state index in [1.165, 1.54) is 6.42 Å². The van der Waals surface area contributed by atoms with Gasteiger partial charge in [-0.15, -0.1) is 0 Å². The summed E-state index contributed by atoms with van der Waals surface area (Å²) in [5.41, 5.74) is 0. The molecule has 1 atom stereocenters. The zero-order valence-corrected chi connectivity index (χ0v) is 10.9. The van der Waals surface area contributed by atoms with Crippen LogP contribution >= 0.6 is 0 Å². The van der Waals surface area contributed by atoms with Crippen LogP contribution in [0.5, 0.6) is 0 Å². The molecule has 1 saturated heterocycles. The number of carbonyl (C=O) groups is 1. The first kappa shape index (κ1) is 13.1. The van der Waals surface area contributed by atoms with Crippen LogP contribution < -0.4 is 10.6 Å². The highest BCUT2D eigenvalue weighted by Crippen LogP contribution is 2.14. The van der Waals surface area contributed by atoms with Gasteiger partial charge in [-0.25, -0.2) is 4.98 Å². The third-order valence-corrected chi connectivity index (χ3v) is 3.33. The van der Waals surface area contributed by atoms with E-state index in [1.54, 1.807) is 6.20 Å². The van der Waals surface area contributed by atoms with Crippen LogP contribution in [0.25, 0.3) is 0 Å². The Labute approximate surface area is 107 Å². The Morgan fingerprint density at radius 2 is 2.56 bits per heavy atom. The maximum Gasteiger partial charge on any atom is 0.220 e. The fourth-order valence-electron chi connectivity index (χ4n) is 2.15. The number of nitrogens with one attached hydrogen (secondary N) is 2. The summed E-state index contributed by atoms with van der Waals surface area (Å²) in [5, 5.41) is 6.15. The number of hydrogen-bond donors (Lipinski definition) is 2. The molecule has 1 aliphatic rings. The lowest BCUT2D eigenvalue weighted by atomic mass is 10.0. The molecule has 0 aliphatic carbocycles. The predicted molar refractivity (Wildman–Crippen MR) is 67.9 cm³/mol. The van der Waals surface area contributed by atoms with Crippen LogP contribution in [0.15, 0.2) is 10.6 Å². The molecule has 1 amide bonds. The second kappa shape index (κ2) is 6.54. The predicted octanol–water partition coefficient (Wildman–Crippen LogP) is 1.24. The number of aryl methyl sites for hydroxylation is 1. The average Bonchev–Trinajstić information content (AvgIpc) is 3.04. The summed E-state index contributed by atoms with van der Waals surface area (Å²) < 4.78 is 5.43. The van der Waals surface area contributed by atoms with Gasteiger partial charge in [-0.1, -0.05) is 6.92 Å². The van der Waals surface area contributed by atoms with Crippen molar-refractivity contribution >= 4 is 5.91 Å². The third kappa shape index (κ3) is 3.84. The van der Waals surface area contributed by atoms with E-state index in [2.05, 4.69) is 15.6 Å². The number of oxazole rings is 1. The van der Waals surface area contributed by atoms with E-state index in [1.807, 2.05) is 6.92 Å². The average molecular weight is 251 g/mol. The number of amides is 1. The molecule has 1 aromatic rings. The Morgan fingerprint density at radius 3 is 3.22 bits per heavy atom. The first-order valence-electron chi connectivity index (χ1n) is 6.69. The van der Waals surface area contributed by atoms with Gasteiger partial charge >= 0.3 is 0 Å². The summed E-state index contributed by atoms with van der Waals surface area (Å²) in [7, 11) is 0. The van der Waals surface area contributed by atoms with Gasteiger partial charge in [-0.2, -0.15) is 0 Å². The molecule has 0 radical (unpaired) electrons. The van der Waals surface area contributed by atoms with Gasteiger partial charge in [0.1, 0.15) is 5.76 Å². The number of nitrogens with zero attached hydrogens (tertiary/aromatic N) is 1. The number of carbonyl (C=O) groups excluding carboxylic acids is 1. The first-order valence-corrected chi connectivity index (χ1v) is 6.69. The Hall–Kier alpha value is -1.36. The fraction of sp³-hybridized carbons (Fsp3) is 0.692. The maximum absolute atomic E-state index is 11.6. The monoisotopic (exact) mass is 251 g/mol. The number of aromatic nitrogens is 1. The minimum atomic E-state index is 0.0816. The molecule has 0 spiro atoms. The summed E-state index contributed by atoms with van der Waals surface area (Å²) in [6.45, 7) is 4.54. The molecule has 5 nitrogen and oxygen atoms in total. The Bertz CT molecular complexity index is 383. The van der Waals surface area contributed by atoms with Gasteiger partial charge in [0.2, 0.25) is 11.8 Å². The third-order valence-electron chi connectivity index (χ3n) is 3.33. The number of rotatable bonds is 6. The minimum Gasteiger partial charge on any atom is -0.444 e. The van der Waals surface area contributed by atoms with Crippen molar-refractivity contribution in [2.75, 3.05) is 13.1 Å². The van der Waals surface area contributed by atoms with Crippen molar-refractivity contribution in [2.24, 2.45) is 5.92 Å². The molecule has 100 valence electrons. The molecule has 2 rings (SSSR count). The molecule has 0 saturated carbocycles. The lowest BCUT2D eigenvalue weighted by Gasteiger charge is -2.07. The quantitative estimate of drug-likeness (QED) is 0.798. The van der Waals surface area contributed by atoms with Crippen molar-refractivity contribution in [1.29, 1.82) is 0 Å². The van der Waals surface area contributed by atoms with E-state index in [9.17, 15) is 4.79 Å². The fourth-order valence-corrected chi connectivity index (χ4v) is 2.15. The van der Waals surface area contributed by atoms with Crippen molar-refractivity contribution in [3.8, 4) is 0 Å². The molecule has 18 heavy (non-hydrogen) atoms. The second-order valence-electron chi connectivity index (χ2n) is 4.75. The van der Waals surface area contributed by atoms with Crippen LogP contribution in [-0.4, -0.2) is 24.0 Å². The topological polar surface area (TPSA) is 67.2 Å². The van der Waals surface area contributed by atoms with Crippen LogP contribution in [0, 0.1) is 5.92 Å². The molecule has 0 aromatic carbocycles. The van der Waals surface area contributed by atoms with E-state index in [-0.39, 0.29) is 5.91 Å². The molecule has 1 aromatic heterocycles. The van der Waals surface area contributed by atoms with Gasteiger partial charge < -0.3 is 15.1 Å². The lowest BCUT2D eigenvalue weighted by Crippen LogP contribution is -2.23. The normalized spacial score (nSPS) is 19.1. The van der Waals surface area contributed by atoms with Crippen molar-refractivity contribution in [3.63, 3.8) is 0 Å². The molecule has 1 aliphatic heterocycles. The van der Waals surface area contributed by atoms with Gasteiger partial charge in [0.15, 0.2) is 0 Å². The molecule has 0 bridgehead atoms. The zero-order chi connectivity index (χ0) is 12.8. The van der Waals surface area contributed by atoms with Crippen LogP contribution in [0.1, 0.15) is 37.8 Å². The Balaban J connectivity index is 1.64. The highest BCUT2D eigenvalue weighted by atomic mass is 16.4. The molecule has 2 N–H and O–H groups in total. The van der Waals surface area contributed by atoms with Crippen LogP contribution in [0.4, 0.5) is 0 Å². The van der Waals surface area contributed by atoms with E-state index < -0.39 is 0 Å². The minimum absolute atomic E-state index is 0.0816. The van der Waals surface area contributed by atoms with Gasteiger partial charge in [0.25, 0.3) is 0 Å². The van der Waals surface area contributed by atoms with Gasteiger partial charge in [-0.3, -0.25) is 4.79 Å². The lowest BCUT2D eigenvalue weighted by molar-refractivity contribution is -0.121. The van der Waals surface area contributed by atoms with Crippen molar-refractivity contribution < 1.29 is 9.21 Å². The summed E-state index contributed by atoms with van der Waals surface area (Å²) in [6, 6.07) is 0. The molecular formula is C13H21N3O2. The van der Waals surface area contributed by atoms with Gasteiger partial charge in [0.05, 0.1) is 12.7 Å². The van der Waals surface area contributed by atoms with Gasteiger partial charge in [0, 0.05) is 12.8 Å². The summed E-state index contributed by atoms with van der Waals surface area (Å²) in [4.78, 5) is 15.8. The van der Waals surface area contributed by atoms with E-state index in [4.69, 9.17) is 4.42 Å². The summed E-state index contributed by atoms with van der Waals surface area (Å²) in [5.74, 6) is 2.18. The molecular weight excluding hydrogens is 230 g/mol. The molecule has 1 unspecified atom stereocenters. The summed E-state index contributed by atoms with van der Waals surface area (Å²) in [6.07, 6.45) is 5.28. The van der Waals surface area contributed by atoms with E-state index in [0.717, 1.165) is 31.7 Å². The van der Waals surface area contributed by atoms with Crippen molar-refractivity contribution in [2.45, 2.75) is 39.2 Å². The Morgan fingerprint density at radius 1 is 1.67 bits per heavy atom. The number of hydrogen-bond acceptors (Lipinski definition) is 4. The highest BCUT2D eigenvalue weighted by molar-refractivity contribution is 5.75. The maximum atomic E-state index is 11.6. The largest absolute Gasteiger partial charge is 0.444 e. The Kier molecular flexibility index (Phi) is 4.75. The molecule has 2 heterocycles. The van der Waals surface area contributed by atoms with Crippen molar-refractivity contribution in [1.82, 2.24) is 15.6 Å². The molecule has 5 heteroatoms. The standard InChI is InChI=1S/C13H21N3O2/c1-2-11-8-16-13(18-11)9-15-12(17)4-3-10-5-6-14-7-10/h8,10,14H,2-7,9H2,1H3,(H,15,17). The summed E-state index contributed by atoms with van der Waals surface area (Å²) >= 11 is 0. The van der Waals surface area contributed by atoms with Crippen LogP contribution in [-0.2, 0) is 17.8 Å². The SMILES string of the molecule is CCc1cnc(CNC(=O)CCC2CCNC2)o1. The second-order valence-corrected chi connectivity index (χ2v) is 4.75. The van der Waals surface area contributed by atoms with Crippen LogP contribution in [0.3, 0.4) is 0 Å². The highest BCUT2D eigenvalue weighted by Gasteiger charge is 2.15. The van der Waals surface area contributed by atoms with Crippen molar-refractivity contribution in [3.05, 3.63) is 17.8 Å². The zero-order valence-electron chi connectivity index (χ0n) is 10.9. The van der Waals surface area contributed by atoms with Crippen LogP contribution in [0.2, 0.25) is 0 Å². The van der Waals surface area contributed by atoms with E-state index in [0.29, 0.717) is 24.8 Å². The smallest absolute Gasteiger partial charge is 0.220 e. The van der Waals surface area contributed by atoms with Gasteiger partial charge in [-0.05, 0) is 31.8 Å².